The maximum Gasteiger partial charge on any atom is 0.416 e. The van der Waals surface area contributed by atoms with Crippen LogP contribution in [-0.4, -0.2) is 5.84 Å². The Kier molecular flexibility index (Phi) is 3.55. The summed E-state index contributed by atoms with van der Waals surface area (Å²) in [7, 11) is 0. The molecule has 2 aromatic rings. The Labute approximate surface area is 108 Å². The van der Waals surface area contributed by atoms with E-state index in [0.717, 1.165) is 12.1 Å². The third kappa shape index (κ3) is 3.34. The van der Waals surface area contributed by atoms with Gasteiger partial charge in [0.15, 0.2) is 0 Å². The summed E-state index contributed by atoms with van der Waals surface area (Å²) in [6, 6.07) is 13.6. The average Bonchev–Trinajstić information content (AvgIpc) is 2.39. The standard InChI is InChI=1S/C14H11F3N2/c15-14(16,17)11-6-4-5-10(9-11)13(18)19-12-7-2-1-3-8-12/h1-9H,(H2,18,19). The first-order valence-electron chi connectivity index (χ1n) is 5.53. The van der Waals surface area contributed by atoms with E-state index < -0.39 is 11.7 Å². The Morgan fingerprint density at radius 3 is 2.26 bits per heavy atom. The van der Waals surface area contributed by atoms with E-state index in [0.29, 0.717) is 5.69 Å². The van der Waals surface area contributed by atoms with Crippen LogP contribution in [0.1, 0.15) is 11.1 Å². The third-order valence-corrected chi connectivity index (χ3v) is 2.49. The van der Waals surface area contributed by atoms with E-state index in [2.05, 4.69) is 4.99 Å². The molecule has 0 saturated heterocycles. The Balaban J connectivity index is 2.35. The zero-order valence-electron chi connectivity index (χ0n) is 9.85. The van der Waals surface area contributed by atoms with Gasteiger partial charge in [-0.05, 0) is 24.3 Å². The molecule has 2 nitrogen and oxygen atoms in total. The number of benzene rings is 2. The first-order chi connectivity index (χ1) is 8.97. The molecule has 0 amide bonds. The lowest BCUT2D eigenvalue weighted by molar-refractivity contribution is -0.137. The van der Waals surface area contributed by atoms with Crippen LogP contribution in [0.5, 0.6) is 0 Å². The number of amidine groups is 1. The smallest absolute Gasteiger partial charge is 0.383 e. The number of rotatable bonds is 2. The largest absolute Gasteiger partial charge is 0.416 e. The molecule has 0 aromatic heterocycles. The summed E-state index contributed by atoms with van der Waals surface area (Å²) in [5, 5.41) is 0. The third-order valence-electron chi connectivity index (χ3n) is 2.49. The summed E-state index contributed by atoms with van der Waals surface area (Å²) in [5.41, 5.74) is 5.83. The van der Waals surface area contributed by atoms with Gasteiger partial charge in [0.2, 0.25) is 0 Å². The number of hydrogen-bond donors (Lipinski definition) is 1. The maximum atomic E-state index is 12.6. The first-order valence-corrected chi connectivity index (χ1v) is 5.53. The van der Waals surface area contributed by atoms with Crippen LogP contribution in [0.15, 0.2) is 59.6 Å². The van der Waals surface area contributed by atoms with Gasteiger partial charge in [0, 0.05) is 5.56 Å². The van der Waals surface area contributed by atoms with Crippen LogP contribution < -0.4 is 5.73 Å². The number of alkyl halides is 3. The number of para-hydroxylation sites is 1. The van der Waals surface area contributed by atoms with E-state index in [4.69, 9.17) is 5.73 Å². The van der Waals surface area contributed by atoms with Gasteiger partial charge < -0.3 is 5.73 Å². The first kappa shape index (κ1) is 13.1. The molecule has 5 heteroatoms. The summed E-state index contributed by atoms with van der Waals surface area (Å²) in [5.74, 6) is 0.0531. The van der Waals surface area contributed by atoms with E-state index in [1.54, 1.807) is 24.3 Å². The summed E-state index contributed by atoms with van der Waals surface area (Å²) in [6.45, 7) is 0. The van der Waals surface area contributed by atoms with Gasteiger partial charge in [-0.1, -0.05) is 30.3 Å². The SMILES string of the molecule is NC(=Nc1ccccc1)c1cccc(C(F)(F)F)c1. The lowest BCUT2D eigenvalue weighted by Crippen LogP contribution is -2.14. The van der Waals surface area contributed by atoms with Crippen molar-refractivity contribution >= 4 is 11.5 Å². The minimum atomic E-state index is -4.39. The molecule has 2 rings (SSSR count). The molecule has 0 unspecified atom stereocenters. The molecule has 0 radical (unpaired) electrons. The summed E-state index contributed by atoms with van der Waals surface area (Å²) in [4.78, 5) is 4.08. The van der Waals surface area contributed by atoms with Gasteiger partial charge in [0.25, 0.3) is 0 Å². The highest BCUT2D eigenvalue weighted by Crippen LogP contribution is 2.29. The summed E-state index contributed by atoms with van der Waals surface area (Å²) in [6.07, 6.45) is -4.39. The van der Waals surface area contributed by atoms with Crippen LogP contribution in [0, 0.1) is 0 Å². The van der Waals surface area contributed by atoms with Crippen molar-refractivity contribution in [1.29, 1.82) is 0 Å². The number of halogens is 3. The van der Waals surface area contributed by atoms with E-state index >= 15 is 0 Å². The molecule has 0 fully saturated rings. The zero-order valence-corrected chi connectivity index (χ0v) is 9.85. The fourth-order valence-electron chi connectivity index (χ4n) is 1.56. The topological polar surface area (TPSA) is 38.4 Å². The van der Waals surface area contributed by atoms with Crippen LogP contribution in [0.3, 0.4) is 0 Å². The van der Waals surface area contributed by atoms with Crippen molar-refractivity contribution in [3.63, 3.8) is 0 Å². The van der Waals surface area contributed by atoms with Crippen molar-refractivity contribution in [2.45, 2.75) is 6.18 Å². The number of hydrogen-bond acceptors (Lipinski definition) is 1. The Hall–Kier alpha value is -2.30. The van der Waals surface area contributed by atoms with Crippen LogP contribution in [0.25, 0.3) is 0 Å². The van der Waals surface area contributed by atoms with Gasteiger partial charge in [0.05, 0.1) is 11.3 Å². The molecule has 0 aliphatic carbocycles. The van der Waals surface area contributed by atoms with E-state index in [9.17, 15) is 13.2 Å². The molecule has 2 aromatic carbocycles. The van der Waals surface area contributed by atoms with Gasteiger partial charge in [-0.3, -0.25) is 0 Å². The molecular weight excluding hydrogens is 253 g/mol. The van der Waals surface area contributed by atoms with Crippen molar-refractivity contribution in [3.05, 3.63) is 65.7 Å². The molecule has 19 heavy (non-hydrogen) atoms. The van der Waals surface area contributed by atoms with Crippen LogP contribution in [0.2, 0.25) is 0 Å². The fourth-order valence-corrected chi connectivity index (χ4v) is 1.56. The monoisotopic (exact) mass is 264 g/mol. The van der Waals surface area contributed by atoms with Gasteiger partial charge in [-0.25, -0.2) is 4.99 Å². The second-order valence-electron chi connectivity index (χ2n) is 3.91. The minimum absolute atomic E-state index is 0.0531. The number of nitrogens with zero attached hydrogens (tertiary/aromatic N) is 1. The Morgan fingerprint density at radius 2 is 1.63 bits per heavy atom. The minimum Gasteiger partial charge on any atom is -0.383 e. The predicted octanol–water partition coefficient (Wildman–Crippen LogP) is 3.74. The Bertz CT molecular complexity index is 589. The average molecular weight is 264 g/mol. The highest BCUT2D eigenvalue weighted by atomic mass is 19.4. The van der Waals surface area contributed by atoms with Crippen molar-refractivity contribution in [2.24, 2.45) is 10.7 Å². The normalized spacial score (nSPS) is 12.5. The summed E-state index contributed by atoms with van der Waals surface area (Å²) >= 11 is 0. The van der Waals surface area contributed by atoms with E-state index in [1.807, 2.05) is 6.07 Å². The van der Waals surface area contributed by atoms with E-state index in [1.165, 1.54) is 12.1 Å². The zero-order chi connectivity index (χ0) is 13.9. The molecule has 2 N–H and O–H groups in total. The molecular formula is C14H11F3N2. The molecule has 0 bridgehead atoms. The lowest BCUT2D eigenvalue weighted by atomic mass is 10.1. The van der Waals surface area contributed by atoms with Crippen LogP contribution in [-0.2, 0) is 6.18 Å². The maximum absolute atomic E-state index is 12.6. The molecule has 0 saturated carbocycles. The van der Waals surface area contributed by atoms with E-state index in [-0.39, 0.29) is 11.4 Å². The van der Waals surface area contributed by atoms with Gasteiger partial charge in [0.1, 0.15) is 5.84 Å². The van der Waals surface area contributed by atoms with Gasteiger partial charge in [-0.15, -0.1) is 0 Å². The second-order valence-corrected chi connectivity index (χ2v) is 3.91. The highest BCUT2D eigenvalue weighted by molar-refractivity contribution is 5.99. The molecule has 0 aliphatic rings. The Morgan fingerprint density at radius 1 is 0.947 bits per heavy atom. The molecule has 0 atom stereocenters. The van der Waals surface area contributed by atoms with Crippen LogP contribution in [0.4, 0.5) is 18.9 Å². The number of nitrogens with two attached hydrogens (primary N) is 1. The van der Waals surface area contributed by atoms with Crippen molar-refractivity contribution in [3.8, 4) is 0 Å². The molecule has 98 valence electrons. The highest BCUT2D eigenvalue weighted by Gasteiger charge is 2.30. The van der Waals surface area contributed by atoms with Gasteiger partial charge >= 0.3 is 6.18 Å². The fraction of sp³-hybridized carbons (Fsp3) is 0.0714. The van der Waals surface area contributed by atoms with Crippen molar-refractivity contribution in [2.75, 3.05) is 0 Å². The molecule has 0 spiro atoms. The molecule has 0 heterocycles. The predicted molar refractivity (Wildman–Crippen MR) is 68.3 cm³/mol. The van der Waals surface area contributed by atoms with Crippen molar-refractivity contribution in [1.82, 2.24) is 0 Å². The van der Waals surface area contributed by atoms with Crippen molar-refractivity contribution < 1.29 is 13.2 Å². The summed E-state index contributed by atoms with van der Waals surface area (Å²) < 4.78 is 37.7. The number of aliphatic imine (C=N–C) groups is 1. The lowest BCUT2D eigenvalue weighted by Gasteiger charge is -2.08. The quantitative estimate of drug-likeness (QED) is 0.651. The van der Waals surface area contributed by atoms with Gasteiger partial charge in [-0.2, -0.15) is 13.2 Å². The van der Waals surface area contributed by atoms with Crippen LogP contribution >= 0.6 is 0 Å². The second kappa shape index (κ2) is 5.14. The molecule has 0 aliphatic heterocycles.